The zero-order chi connectivity index (χ0) is 22.0. The van der Waals surface area contributed by atoms with Gasteiger partial charge in [0.25, 0.3) is 0 Å². The maximum absolute atomic E-state index is 12.1. The topological polar surface area (TPSA) is 98.6 Å². The van der Waals surface area contributed by atoms with E-state index in [4.69, 9.17) is 4.74 Å². The highest BCUT2D eigenvalue weighted by Crippen LogP contribution is 2.34. The number of aromatic nitrogens is 5. The van der Waals surface area contributed by atoms with Gasteiger partial charge >= 0.3 is 5.97 Å². The maximum Gasteiger partial charge on any atom is 0.312 e. The van der Waals surface area contributed by atoms with Crippen LogP contribution >= 0.6 is 0 Å². The van der Waals surface area contributed by atoms with Crippen molar-refractivity contribution in [3.05, 3.63) is 37.1 Å². The van der Waals surface area contributed by atoms with Crippen LogP contribution in [-0.4, -0.2) is 30.3 Å². The molecular formula is C23H26N6O2. The molecule has 1 fully saturated rings. The van der Waals surface area contributed by atoms with E-state index >= 15 is 0 Å². The summed E-state index contributed by atoms with van der Waals surface area (Å²) in [6, 6.07) is 4.08. The first-order valence-corrected chi connectivity index (χ1v) is 10.5. The number of hydrogen-bond donors (Lipinski definition) is 0. The van der Waals surface area contributed by atoms with E-state index in [0.29, 0.717) is 11.6 Å². The third kappa shape index (κ3) is 4.22. The van der Waals surface area contributed by atoms with Gasteiger partial charge in [-0.3, -0.25) is 9.36 Å². The van der Waals surface area contributed by atoms with Crippen molar-refractivity contribution in [3.8, 4) is 17.3 Å². The van der Waals surface area contributed by atoms with Gasteiger partial charge < -0.3 is 4.74 Å². The number of nitrogens with zero attached hydrogens (tertiary/aromatic N) is 6. The summed E-state index contributed by atoms with van der Waals surface area (Å²) >= 11 is 0. The molecule has 4 rings (SSSR count). The first-order chi connectivity index (χ1) is 14.9. The third-order valence-corrected chi connectivity index (χ3v) is 5.61. The Balaban J connectivity index is 1.62. The number of fused-ring (bicyclic) bond motifs is 1. The van der Waals surface area contributed by atoms with Crippen molar-refractivity contribution >= 4 is 22.7 Å². The van der Waals surface area contributed by atoms with Crippen LogP contribution in [0.25, 0.3) is 28.0 Å². The van der Waals surface area contributed by atoms with E-state index in [2.05, 4.69) is 21.1 Å². The third-order valence-electron chi connectivity index (χ3n) is 5.61. The van der Waals surface area contributed by atoms with Crippen LogP contribution in [0.1, 0.15) is 46.5 Å². The molecule has 0 atom stereocenters. The molecular weight excluding hydrogens is 392 g/mol. The highest BCUT2D eigenvalue weighted by Gasteiger charge is 2.24. The molecule has 3 aromatic rings. The first kappa shape index (κ1) is 20.8. The second-order valence-corrected chi connectivity index (χ2v) is 8.91. The second kappa shape index (κ2) is 8.34. The van der Waals surface area contributed by atoms with Crippen LogP contribution in [0.15, 0.2) is 37.1 Å². The number of nitriles is 1. The van der Waals surface area contributed by atoms with E-state index in [1.54, 1.807) is 21.5 Å². The summed E-state index contributed by atoms with van der Waals surface area (Å²) in [4.78, 5) is 21.0. The molecule has 8 heteroatoms. The van der Waals surface area contributed by atoms with Gasteiger partial charge in [-0.05, 0) is 39.7 Å². The molecule has 1 aliphatic carbocycles. The number of rotatable bonds is 5. The standard InChI is InChI=1S/C23H26N6O2/c1-23(2,3)22(30)31-15-28-11-9-18-20(25-14-26-21(18)28)17-12-27-29(13-17)19(8-10-24)16-6-4-5-7-16/h8-9,11-14,16H,4-7,15H2,1-3H3/b19-8-. The highest BCUT2D eigenvalue weighted by atomic mass is 16.5. The molecule has 0 aromatic carbocycles. The van der Waals surface area contributed by atoms with Gasteiger partial charge in [0.05, 0.1) is 29.1 Å². The smallest absolute Gasteiger partial charge is 0.312 e. The second-order valence-electron chi connectivity index (χ2n) is 8.91. The van der Waals surface area contributed by atoms with Gasteiger partial charge in [0, 0.05) is 35.3 Å². The number of carbonyl (C=O) groups is 1. The minimum Gasteiger partial charge on any atom is -0.443 e. The van der Waals surface area contributed by atoms with Crippen LogP contribution in [0, 0.1) is 22.7 Å². The molecule has 0 radical (unpaired) electrons. The van der Waals surface area contributed by atoms with E-state index in [9.17, 15) is 10.1 Å². The molecule has 1 aliphatic rings. The quantitative estimate of drug-likeness (QED) is 0.450. The average Bonchev–Trinajstić information content (AvgIpc) is 3.50. The van der Waals surface area contributed by atoms with Crippen molar-refractivity contribution in [1.29, 1.82) is 5.26 Å². The molecule has 160 valence electrons. The fourth-order valence-corrected chi connectivity index (χ4v) is 3.93. The van der Waals surface area contributed by atoms with Crippen molar-refractivity contribution < 1.29 is 9.53 Å². The molecule has 1 saturated carbocycles. The summed E-state index contributed by atoms with van der Waals surface area (Å²) in [7, 11) is 0. The van der Waals surface area contributed by atoms with Gasteiger partial charge in [-0.15, -0.1) is 0 Å². The zero-order valence-electron chi connectivity index (χ0n) is 18.1. The number of hydrogen-bond acceptors (Lipinski definition) is 6. The van der Waals surface area contributed by atoms with Crippen LogP contribution in [-0.2, 0) is 16.3 Å². The minimum absolute atomic E-state index is 0.0893. The van der Waals surface area contributed by atoms with E-state index in [1.165, 1.54) is 19.2 Å². The largest absolute Gasteiger partial charge is 0.443 e. The number of allylic oxidation sites excluding steroid dienone is 2. The van der Waals surface area contributed by atoms with Gasteiger partial charge in [0.15, 0.2) is 6.73 Å². The van der Waals surface area contributed by atoms with Crippen molar-refractivity contribution in [2.75, 3.05) is 0 Å². The lowest BCUT2D eigenvalue weighted by Gasteiger charge is -2.17. The lowest BCUT2D eigenvalue weighted by atomic mass is 9.98. The van der Waals surface area contributed by atoms with Gasteiger partial charge in [-0.2, -0.15) is 10.4 Å². The molecule has 3 heterocycles. The molecule has 0 unspecified atom stereocenters. The summed E-state index contributed by atoms with van der Waals surface area (Å²) in [6.45, 7) is 5.55. The monoisotopic (exact) mass is 418 g/mol. The molecule has 3 aromatic heterocycles. The maximum atomic E-state index is 12.1. The Labute approximate surface area is 181 Å². The molecule has 0 amide bonds. The Bertz CT molecular complexity index is 1170. The van der Waals surface area contributed by atoms with Crippen molar-refractivity contribution in [3.63, 3.8) is 0 Å². The Morgan fingerprint density at radius 3 is 2.81 bits per heavy atom. The molecule has 8 nitrogen and oxygen atoms in total. The Kier molecular flexibility index (Phi) is 5.59. The Morgan fingerprint density at radius 1 is 1.32 bits per heavy atom. The SMILES string of the molecule is CC(C)(C)C(=O)OCn1ccc2c(-c3cnn(/C(=C\C#N)C4CCCC4)c3)ncnc21. The van der Waals surface area contributed by atoms with Crippen LogP contribution in [0.3, 0.4) is 0 Å². The van der Waals surface area contributed by atoms with E-state index in [0.717, 1.165) is 35.2 Å². The van der Waals surface area contributed by atoms with Gasteiger partial charge in [-0.25, -0.2) is 14.6 Å². The molecule has 0 aliphatic heterocycles. The molecule has 0 spiro atoms. The fourth-order valence-electron chi connectivity index (χ4n) is 3.93. The predicted molar refractivity (Wildman–Crippen MR) is 116 cm³/mol. The summed E-state index contributed by atoms with van der Waals surface area (Å²) in [5.74, 6) is 0.0880. The number of carbonyl (C=O) groups excluding carboxylic acids is 1. The van der Waals surface area contributed by atoms with Crippen molar-refractivity contribution in [2.45, 2.75) is 53.2 Å². The van der Waals surface area contributed by atoms with E-state index in [-0.39, 0.29) is 12.7 Å². The highest BCUT2D eigenvalue weighted by molar-refractivity contribution is 5.90. The molecule has 0 saturated heterocycles. The van der Waals surface area contributed by atoms with Crippen molar-refractivity contribution in [2.24, 2.45) is 11.3 Å². The average molecular weight is 419 g/mol. The predicted octanol–water partition coefficient (Wildman–Crippen LogP) is 4.40. The Hall–Kier alpha value is -3.47. The summed E-state index contributed by atoms with van der Waals surface area (Å²) in [6.07, 6.45) is 13.1. The zero-order valence-corrected chi connectivity index (χ0v) is 18.1. The lowest BCUT2D eigenvalue weighted by molar-refractivity contribution is -0.156. The van der Waals surface area contributed by atoms with Crippen LogP contribution < -0.4 is 0 Å². The van der Waals surface area contributed by atoms with Gasteiger partial charge in [-0.1, -0.05) is 12.8 Å². The van der Waals surface area contributed by atoms with Crippen LogP contribution in [0.5, 0.6) is 0 Å². The van der Waals surface area contributed by atoms with Crippen molar-refractivity contribution in [1.82, 2.24) is 24.3 Å². The summed E-state index contributed by atoms with van der Waals surface area (Å²) in [5, 5.41) is 14.6. The van der Waals surface area contributed by atoms with Crippen LogP contribution in [0.2, 0.25) is 0 Å². The lowest BCUT2D eigenvalue weighted by Crippen LogP contribution is -2.23. The molecule has 0 N–H and O–H groups in total. The Morgan fingerprint density at radius 2 is 2.10 bits per heavy atom. The minimum atomic E-state index is -0.564. The molecule has 0 bridgehead atoms. The summed E-state index contributed by atoms with van der Waals surface area (Å²) < 4.78 is 9.02. The number of esters is 1. The van der Waals surface area contributed by atoms with Gasteiger partial charge in [0.1, 0.15) is 12.0 Å². The fraction of sp³-hybridized carbons (Fsp3) is 0.435. The number of ether oxygens (including phenoxy) is 1. The summed E-state index contributed by atoms with van der Waals surface area (Å²) in [5.41, 5.74) is 2.65. The van der Waals surface area contributed by atoms with E-state index in [1.807, 2.05) is 39.2 Å². The van der Waals surface area contributed by atoms with E-state index < -0.39 is 5.41 Å². The van der Waals surface area contributed by atoms with Crippen LogP contribution in [0.4, 0.5) is 0 Å². The normalized spacial score (nSPS) is 15.4. The van der Waals surface area contributed by atoms with Gasteiger partial charge in [0.2, 0.25) is 0 Å². The first-order valence-electron chi connectivity index (χ1n) is 10.5. The molecule has 31 heavy (non-hydrogen) atoms.